The number of nitrogens with zero attached hydrogens (tertiary/aromatic N) is 1. The van der Waals surface area contributed by atoms with Crippen LogP contribution >= 0.6 is 11.6 Å². The third-order valence-electron chi connectivity index (χ3n) is 3.09. The Labute approximate surface area is 124 Å². The Bertz CT molecular complexity index is 616. The minimum Gasteiger partial charge on any atom is -0.325 e. The summed E-state index contributed by atoms with van der Waals surface area (Å²) < 4.78 is 25.0. The van der Waals surface area contributed by atoms with E-state index in [0.717, 1.165) is 6.42 Å². The second-order valence-corrected chi connectivity index (χ2v) is 7.12. The molecule has 2 rings (SSSR count). The summed E-state index contributed by atoms with van der Waals surface area (Å²) in [7, 11) is -3.21. The fraction of sp³-hybridized carbons (Fsp3) is 0.462. The van der Waals surface area contributed by atoms with Crippen LogP contribution in [0.5, 0.6) is 0 Å². The van der Waals surface area contributed by atoms with E-state index in [4.69, 9.17) is 11.6 Å². The maximum Gasteiger partial charge on any atom is 0.235 e. The molecule has 1 heterocycles. The molecule has 5 nitrogen and oxygen atoms in total. The lowest BCUT2D eigenvalue weighted by Crippen LogP contribution is -2.25. The maximum absolute atomic E-state index is 11.8. The summed E-state index contributed by atoms with van der Waals surface area (Å²) in [4.78, 5) is 11.5. The van der Waals surface area contributed by atoms with Crippen molar-refractivity contribution in [3.63, 3.8) is 0 Å². The molecule has 0 aromatic heterocycles. The van der Waals surface area contributed by atoms with Crippen LogP contribution in [0.25, 0.3) is 0 Å². The predicted molar refractivity (Wildman–Crippen MR) is 80.7 cm³/mol. The number of anilines is 2. The van der Waals surface area contributed by atoms with Gasteiger partial charge in [-0.1, -0.05) is 18.5 Å². The van der Waals surface area contributed by atoms with Gasteiger partial charge < -0.3 is 5.32 Å². The number of carbonyl (C=O) groups is 1. The summed E-state index contributed by atoms with van der Waals surface area (Å²) >= 11 is 6.11. The lowest BCUT2D eigenvalue weighted by molar-refractivity contribution is -0.116. The third kappa shape index (κ3) is 3.24. The Morgan fingerprint density at radius 3 is 2.75 bits per heavy atom. The van der Waals surface area contributed by atoms with Gasteiger partial charge in [-0.2, -0.15) is 0 Å². The normalized spacial score (nSPS) is 17.2. The second-order valence-electron chi connectivity index (χ2n) is 4.70. The van der Waals surface area contributed by atoms with Gasteiger partial charge in [-0.25, -0.2) is 8.42 Å². The minimum absolute atomic E-state index is 0.101. The van der Waals surface area contributed by atoms with Gasteiger partial charge >= 0.3 is 0 Å². The quantitative estimate of drug-likeness (QED) is 0.928. The molecule has 1 fully saturated rings. The third-order valence-corrected chi connectivity index (χ3v) is 5.27. The first-order chi connectivity index (χ1) is 9.44. The molecule has 1 aromatic carbocycles. The highest BCUT2D eigenvalue weighted by Gasteiger charge is 2.28. The number of carbonyl (C=O) groups excluding carboxylic acids is 1. The Balaban J connectivity index is 2.20. The van der Waals surface area contributed by atoms with Crippen LogP contribution in [0, 0.1) is 0 Å². The van der Waals surface area contributed by atoms with Crippen molar-refractivity contribution in [1.82, 2.24) is 0 Å². The van der Waals surface area contributed by atoms with E-state index in [9.17, 15) is 13.2 Å². The molecule has 0 atom stereocenters. The Morgan fingerprint density at radius 1 is 1.45 bits per heavy atom. The van der Waals surface area contributed by atoms with Crippen LogP contribution in [0.4, 0.5) is 11.4 Å². The van der Waals surface area contributed by atoms with Crippen molar-refractivity contribution in [3.05, 3.63) is 23.2 Å². The first-order valence-electron chi connectivity index (χ1n) is 6.54. The first kappa shape index (κ1) is 15.1. The van der Waals surface area contributed by atoms with Gasteiger partial charge in [0.05, 0.1) is 22.2 Å². The molecule has 0 radical (unpaired) electrons. The van der Waals surface area contributed by atoms with Crippen LogP contribution in [0.1, 0.15) is 26.2 Å². The lowest BCUT2D eigenvalue weighted by atomic mass is 10.2. The van der Waals surface area contributed by atoms with Crippen molar-refractivity contribution >= 4 is 38.9 Å². The highest BCUT2D eigenvalue weighted by atomic mass is 35.5. The summed E-state index contributed by atoms with van der Waals surface area (Å²) in [5, 5.41) is 3.05. The van der Waals surface area contributed by atoms with Crippen LogP contribution in [0.2, 0.25) is 5.02 Å². The van der Waals surface area contributed by atoms with Gasteiger partial charge in [0.2, 0.25) is 15.9 Å². The standard InChI is InChI=1S/C13H17ClN2O3S/c1-2-4-13(17)15-12-6-5-10(9-11(12)14)16-7-3-8-20(16,18)19/h5-6,9H,2-4,7-8H2,1H3,(H,15,17). The molecule has 0 bridgehead atoms. The fourth-order valence-electron chi connectivity index (χ4n) is 2.13. The maximum atomic E-state index is 11.8. The number of halogens is 1. The van der Waals surface area contributed by atoms with E-state index >= 15 is 0 Å². The zero-order valence-corrected chi connectivity index (χ0v) is 12.8. The predicted octanol–water partition coefficient (Wildman–Crippen LogP) is 2.62. The van der Waals surface area contributed by atoms with Gasteiger partial charge in [0, 0.05) is 13.0 Å². The molecule has 0 aliphatic carbocycles. The Morgan fingerprint density at radius 2 is 2.20 bits per heavy atom. The van der Waals surface area contributed by atoms with Crippen LogP contribution in [-0.4, -0.2) is 26.6 Å². The van der Waals surface area contributed by atoms with E-state index in [2.05, 4.69) is 5.32 Å². The van der Waals surface area contributed by atoms with Crippen LogP contribution < -0.4 is 9.62 Å². The van der Waals surface area contributed by atoms with E-state index in [1.54, 1.807) is 18.2 Å². The zero-order chi connectivity index (χ0) is 14.8. The van der Waals surface area contributed by atoms with E-state index in [-0.39, 0.29) is 11.7 Å². The van der Waals surface area contributed by atoms with Gasteiger partial charge in [0.15, 0.2) is 0 Å². The topological polar surface area (TPSA) is 66.5 Å². The van der Waals surface area contributed by atoms with E-state index in [1.165, 1.54) is 4.31 Å². The average Bonchev–Trinajstić information content (AvgIpc) is 2.72. The number of sulfonamides is 1. The highest BCUT2D eigenvalue weighted by molar-refractivity contribution is 7.93. The largest absolute Gasteiger partial charge is 0.325 e. The Hall–Kier alpha value is -1.27. The highest BCUT2D eigenvalue weighted by Crippen LogP contribution is 2.31. The summed E-state index contributed by atoms with van der Waals surface area (Å²) in [6.45, 7) is 2.39. The molecule has 1 aromatic rings. The first-order valence-corrected chi connectivity index (χ1v) is 8.52. The molecule has 7 heteroatoms. The average molecular weight is 317 g/mol. The lowest BCUT2D eigenvalue weighted by Gasteiger charge is -2.18. The number of rotatable bonds is 4. The van der Waals surface area contributed by atoms with Crippen LogP contribution in [-0.2, 0) is 14.8 Å². The number of nitrogens with one attached hydrogen (secondary N) is 1. The fourth-order valence-corrected chi connectivity index (χ4v) is 3.91. The zero-order valence-electron chi connectivity index (χ0n) is 11.2. The van der Waals surface area contributed by atoms with E-state index in [1.807, 2.05) is 6.92 Å². The van der Waals surface area contributed by atoms with Gasteiger partial charge in [0.1, 0.15) is 0 Å². The molecular weight excluding hydrogens is 300 g/mol. The number of hydrogen-bond acceptors (Lipinski definition) is 3. The molecule has 20 heavy (non-hydrogen) atoms. The second kappa shape index (κ2) is 6.01. The number of amides is 1. The molecule has 110 valence electrons. The van der Waals surface area contributed by atoms with E-state index < -0.39 is 10.0 Å². The number of hydrogen-bond donors (Lipinski definition) is 1. The van der Waals surface area contributed by atoms with Crippen molar-refractivity contribution < 1.29 is 13.2 Å². The smallest absolute Gasteiger partial charge is 0.235 e. The van der Waals surface area contributed by atoms with Crippen LogP contribution in [0.3, 0.4) is 0 Å². The van der Waals surface area contributed by atoms with Gasteiger partial charge in [-0.15, -0.1) is 0 Å². The molecular formula is C13H17ClN2O3S. The molecule has 0 unspecified atom stereocenters. The molecule has 0 saturated carbocycles. The van der Waals surface area contributed by atoms with Crippen molar-refractivity contribution in [3.8, 4) is 0 Å². The van der Waals surface area contributed by atoms with Crippen molar-refractivity contribution in [1.29, 1.82) is 0 Å². The van der Waals surface area contributed by atoms with Crippen molar-refractivity contribution in [2.24, 2.45) is 0 Å². The molecule has 0 spiro atoms. The molecule has 1 amide bonds. The van der Waals surface area contributed by atoms with Crippen LogP contribution in [0.15, 0.2) is 18.2 Å². The summed E-state index contributed by atoms with van der Waals surface area (Å²) in [6.07, 6.45) is 1.81. The molecule has 1 aliphatic rings. The summed E-state index contributed by atoms with van der Waals surface area (Å²) in [5.41, 5.74) is 1.05. The Kier molecular flexibility index (Phi) is 4.55. The summed E-state index contributed by atoms with van der Waals surface area (Å²) in [5.74, 6) is 0.0653. The number of benzene rings is 1. The molecule has 1 N–H and O–H groups in total. The molecule has 1 aliphatic heterocycles. The minimum atomic E-state index is -3.21. The van der Waals surface area contributed by atoms with Crippen molar-refractivity contribution in [2.75, 3.05) is 21.9 Å². The SMILES string of the molecule is CCCC(=O)Nc1ccc(N2CCCS2(=O)=O)cc1Cl. The van der Waals surface area contributed by atoms with Gasteiger partial charge in [-0.05, 0) is 31.0 Å². The summed E-state index contributed by atoms with van der Waals surface area (Å²) in [6, 6.07) is 4.88. The van der Waals surface area contributed by atoms with E-state index in [0.29, 0.717) is 35.8 Å². The van der Waals surface area contributed by atoms with Crippen molar-refractivity contribution in [2.45, 2.75) is 26.2 Å². The monoisotopic (exact) mass is 316 g/mol. The van der Waals surface area contributed by atoms with Gasteiger partial charge in [0.25, 0.3) is 0 Å². The van der Waals surface area contributed by atoms with Gasteiger partial charge in [-0.3, -0.25) is 9.10 Å². The molecule has 1 saturated heterocycles.